The van der Waals surface area contributed by atoms with Crippen LogP contribution in [0.25, 0.3) is 10.9 Å². The summed E-state index contributed by atoms with van der Waals surface area (Å²) in [5.41, 5.74) is 3.36. The number of hydrogen-bond acceptors (Lipinski definition) is 1. The SMILES string of the molecule is Cc1cc2ncccc2cc1Cc1ccc(C(F)(F)F)cc1. The number of pyridine rings is 1. The quantitative estimate of drug-likeness (QED) is 0.637. The fraction of sp³-hybridized carbons (Fsp3) is 0.167. The Hall–Kier alpha value is -2.36. The Morgan fingerprint density at radius 1 is 1.00 bits per heavy atom. The minimum atomic E-state index is -4.29. The summed E-state index contributed by atoms with van der Waals surface area (Å²) in [4.78, 5) is 4.30. The molecule has 1 nitrogen and oxygen atoms in total. The second-order valence-corrected chi connectivity index (χ2v) is 5.35. The molecular formula is C18H14F3N. The molecule has 0 fully saturated rings. The fourth-order valence-corrected chi connectivity index (χ4v) is 2.49. The van der Waals surface area contributed by atoms with Gasteiger partial charge in [0.05, 0.1) is 11.1 Å². The summed E-state index contributed by atoms with van der Waals surface area (Å²) >= 11 is 0. The smallest absolute Gasteiger partial charge is 0.256 e. The lowest BCUT2D eigenvalue weighted by atomic mass is 9.97. The first-order chi connectivity index (χ1) is 10.4. The van der Waals surface area contributed by atoms with Crippen molar-refractivity contribution in [2.75, 3.05) is 0 Å². The molecule has 1 aromatic heterocycles. The average molecular weight is 301 g/mol. The minimum Gasteiger partial charge on any atom is -0.256 e. The molecule has 0 spiro atoms. The Morgan fingerprint density at radius 2 is 1.73 bits per heavy atom. The van der Waals surface area contributed by atoms with Crippen molar-refractivity contribution in [2.45, 2.75) is 19.5 Å². The molecule has 0 saturated heterocycles. The molecule has 4 heteroatoms. The highest BCUT2D eigenvalue weighted by Crippen LogP contribution is 2.29. The first-order valence-corrected chi connectivity index (χ1v) is 6.94. The van der Waals surface area contributed by atoms with Crippen molar-refractivity contribution in [1.29, 1.82) is 0 Å². The van der Waals surface area contributed by atoms with Crippen LogP contribution in [0.15, 0.2) is 54.7 Å². The van der Waals surface area contributed by atoms with Crippen LogP contribution < -0.4 is 0 Å². The molecule has 0 aliphatic heterocycles. The van der Waals surface area contributed by atoms with Crippen LogP contribution in [0.3, 0.4) is 0 Å². The summed E-state index contributed by atoms with van der Waals surface area (Å²) in [7, 11) is 0. The molecule has 3 aromatic rings. The summed E-state index contributed by atoms with van der Waals surface area (Å²) in [5.74, 6) is 0. The normalized spacial score (nSPS) is 11.8. The maximum atomic E-state index is 12.6. The number of rotatable bonds is 2. The third kappa shape index (κ3) is 2.96. The van der Waals surface area contributed by atoms with Gasteiger partial charge in [0.25, 0.3) is 0 Å². The second kappa shape index (κ2) is 5.44. The van der Waals surface area contributed by atoms with E-state index in [1.165, 1.54) is 12.1 Å². The van der Waals surface area contributed by atoms with Crippen LogP contribution in [0, 0.1) is 6.92 Å². The van der Waals surface area contributed by atoms with Crippen LogP contribution in [-0.4, -0.2) is 4.98 Å². The molecule has 112 valence electrons. The highest BCUT2D eigenvalue weighted by Gasteiger charge is 2.29. The van der Waals surface area contributed by atoms with Gasteiger partial charge >= 0.3 is 6.18 Å². The van der Waals surface area contributed by atoms with Crippen molar-refractivity contribution in [3.63, 3.8) is 0 Å². The van der Waals surface area contributed by atoms with Crippen LogP contribution >= 0.6 is 0 Å². The lowest BCUT2D eigenvalue weighted by Crippen LogP contribution is -2.04. The topological polar surface area (TPSA) is 12.9 Å². The Morgan fingerprint density at radius 3 is 2.41 bits per heavy atom. The van der Waals surface area contributed by atoms with Crippen molar-refractivity contribution < 1.29 is 13.2 Å². The summed E-state index contributed by atoms with van der Waals surface area (Å²) in [6.07, 6.45) is -1.94. The van der Waals surface area contributed by atoms with Crippen molar-refractivity contribution in [3.8, 4) is 0 Å². The van der Waals surface area contributed by atoms with Crippen LogP contribution in [0.4, 0.5) is 13.2 Å². The van der Waals surface area contributed by atoms with Gasteiger partial charge in [0.1, 0.15) is 0 Å². The Bertz CT molecular complexity index is 805. The standard InChI is InChI=1S/C18H14F3N/c1-12-9-17-14(3-2-8-22-17)11-15(12)10-13-4-6-16(7-5-13)18(19,20)21/h2-9,11H,10H2,1H3. The lowest BCUT2D eigenvalue weighted by Gasteiger charge is -2.10. The van der Waals surface area contributed by atoms with E-state index >= 15 is 0 Å². The van der Waals surface area contributed by atoms with Gasteiger partial charge in [-0.05, 0) is 60.4 Å². The number of aryl methyl sites for hydroxylation is 1. The summed E-state index contributed by atoms with van der Waals surface area (Å²) < 4.78 is 37.7. The molecule has 0 amide bonds. The maximum absolute atomic E-state index is 12.6. The molecule has 1 heterocycles. The lowest BCUT2D eigenvalue weighted by molar-refractivity contribution is -0.137. The van der Waals surface area contributed by atoms with Crippen molar-refractivity contribution >= 4 is 10.9 Å². The minimum absolute atomic E-state index is 0.606. The number of aromatic nitrogens is 1. The molecule has 0 bridgehead atoms. The monoisotopic (exact) mass is 301 g/mol. The van der Waals surface area contributed by atoms with E-state index in [1.54, 1.807) is 6.20 Å². The van der Waals surface area contributed by atoms with Gasteiger partial charge in [-0.1, -0.05) is 18.2 Å². The summed E-state index contributed by atoms with van der Waals surface area (Å²) in [5, 5.41) is 1.04. The first kappa shape index (κ1) is 14.6. The van der Waals surface area contributed by atoms with E-state index in [9.17, 15) is 13.2 Å². The van der Waals surface area contributed by atoms with Crippen molar-refractivity contribution in [1.82, 2.24) is 4.98 Å². The van der Waals surface area contributed by atoms with Gasteiger partial charge in [0, 0.05) is 11.6 Å². The molecule has 0 N–H and O–H groups in total. The molecule has 0 unspecified atom stereocenters. The number of hydrogen-bond donors (Lipinski definition) is 0. The van der Waals surface area contributed by atoms with Gasteiger partial charge in [-0.15, -0.1) is 0 Å². The van der Waals surface area contributed by atoms with Crippen LogP contribution in [0.5, 0.6) is 0 Å². The Kier molecular flexibility index (Phi) is 3.61. The molecule has 22 heavy (non-hydrogen) atoms. The van der Waals surface area contributed by atoms with Gasteiger partial charge in [0.15, 0.2) is 0 Å². The molecule has 0 aliphatic carbocycles. The van der Waals surface area contributed by atoms with Gasteiger partial charge in [0.2, 0.25) is 0 Å². The van der Waals surface area contributed by atoms with E-state index in [0.29, 0.717) is 6.42 Å². The largest absolute Gasteiger partial charge is 0.416 e. The number of nitrogens with zero attached hydrogens (tertiary/aromatic N) is 1. The number of fused-ring (bicyclic) bond motifs is 1. The van der Waals surface area contributed by atoms with Crippen LogP contribution in [0.1, 0.15) is 22.3 Å². The number of benzene rings is 2. The Labute approximate surface area is 126 Å². The maximum Gasteiger partial charge on any atom is 0.416 e. The van der Waals surface area contributed by atoms with Gasteiger partial charge in [-0.3, -0.25) is 4.98 Å². The molecule has 0 saturated carbocycles. The number of alkyl halides is 3. The molecule has 2 aromatic carbocycles. The van der Waals surface area contributed by atoms with E-state index in [0.717, 1.165) is 39.7 Å². The van der Waals surface area contributed by atoms with E-state index in [4.69, 9.17) is 0 Å². The van der Waals surface area contributed by atoms with E-state index in [-0.39, 0.29) is 0 Å². The predicted molar refractivity (Wildman–Crippen MR) is 80.7 cm³/mol. The van der Waals surface area contributed by atoms with Crippen LogP contribution in [-0.2, 0) is 12.6 Å². The predicted octanol–water partition coefficient (Wildman–Crippen LogP) is 5.15. The molecule has 0 aliphatic rings. The molecular weight excluding hydrogens is 287 g/mol. The van der Waals surface area contributed by atoms with Crippen molar-refractivity contribution in [3.05, 3.63) is 77.0 Å². The third-order valence-corrected chi connectivity index (χ3v) is 3.74. The molecule has 0 atom stereocenters. The fourth-order valence-electron chi connectivity index (χ4n) is 2.49. The highest BCUT2D eigenvalue weighted by atomic mass is 19.4. The first-order valence-electron chi connectivity index (χ1n) is 6.94. The molecule has 3 rings (SSSR count). The zero-order valence-corrected chi connectivity index (χ0v) is 12.0. The van der Waals surface area contributed by atoms with E-state index in [1.807, 2.05) is 25.1 Å². The summed E-state index contributed by atoms with van der Waals surface area (Å²) in [6.45, 7) is 1.99. The highest BCUT2D eigenvalue weighted by molar-refractivity contribution is 5.80. The van der Waals surface area contributed by atoms with Crippen LogP contribution in [0.2, 0.25) is 0 Å². The number of halogens is 3. The summed E-state index contributed by atoms with van der Waals surface area (Å²) in [6, 6.07) is 13.3. The zero-order valence-electron chi connectivity index (χ0n) is 12.0. The zero-order chi connectivity index (χ0) is 15.7. The third-order valence-electron chi connectivity index (χ3n) is 3.74. The van der Waals surface area contributed by atoms with E-state index in [2.05, 4.69) is 11.1 Å². The van der Waals surface area contributed by atoms with Gasteiger partial charge in [-0.2, -0.15) is 13.2 Å². The second-order valence-electron chi connectivity index (χ2n) is 5.35. The van der Waals surface area contributed by atoms with Crippen molar-refractivity contribution in [2.24, 2.45) is 0 Å². The average Bonchev–Trinajstić information content (AvgIpc) is 2.48. The van der Waals surface area contributed by atoms with Gasteiger partial charge < -0.3 is 0 Å². The van der Waals surface area contributed by atoms with E-state index < -0.39 is 11.7 Å². The molecule has 0 radical (unpaired) electrons. The van der Waals surface area contributed by atoms with Gasteiger partial charge in [-0.25, -0.2) is 0 Å². The Balaban J connectivity index is 1.91.